The van der Waals surface area contributed by atoms with Gasteiger partial charge >= 0.3 is 0 Å². The molecule has 0 radical (unpaired) electrons. The fourth-order valence-corrected chi connectivity index (χ4v) is 9.89. The Bertz CT molecular complexity index is 3430. The Kier molecular flexibility index (Phi) is 7.03. The SMILES string of the molecule is c1ccc(-c2ccc(-c3nc(-c4cccc5c4sc4ccccc45)nc(-n4c5ccccc5c5ccccc54)n3)cc2-n2c3ccccc3c3ccccc32)cc1. The lowest BCUT2D eigenvalue weighted by molar-refractivity contribution is 0.954. The minimum absolute atomic E-state index is 0.580. The van der Waals surface area contributed by atoms with Crippen LogP contribution in [0.5, 0.6) is 0 Å². The zero-order valence-electron chi connectivity index (χ0n) is 30.5. The van der Waals surface area contributed by atoms with Crippen molar-refractivity contribution < 1.29 is 0 Å². The molecule has 0 bridgehead atoms. The second-order valence-electron chi connectivity index (χ2n) is 14.4. The molecule has 0 amide bonds. The molecule has 0 saturated heterocycles. The van der Waals surface area contributed by atoms with Crippen LogP contribution in [0.15, 0.2) is 188 Å². The first-order chi connectivity index (χ1) is 28.3. The smallest absolute Gasteiger partial charge is 0.238 e. The number of hydrogen-bond acceptors (Lipinski definition) is 4. The molecule has 0 aliphatic carbocycles. The fraction of sp³-hybridized carbons (Fsp3) is 0. The predicted molar refractivity (Wildman–Crippen MR) is 238 cm³/mol. The number of hydrogen-bond donors (Lipinski definition) is 0. The molecule has 12 aromatic rings. The average molecular weight is 746 g/mol. The van der Waals surface area contributed by atoms with Crippen LogP contribution in [0.25, 0.3) is 109 Å². The second-order valence-corrected chi connectivity index (χ2v) is 15.5. The van der Waals surface area contributed by atoms with Gasteiger partial charge in [0.25, 0.3) is 0 Å². The predicted octanol–water partition coefficient (Wildman–Crippen LogP) is 13.4. The minimum Gasteiger partial charge on any atom is -0.309 e. The Hall–Kier alpha value is -7.41. The highest BCUT2D eigenvalue weighted by Gasteiger charge is 2.22. The Morgan fingerprint density at radius 3 is 1.53 bits per heavy atom. The van der Waals surface area contributed by atoms with E-state index in [1.54, 1.807) is 11.3 Å². The molecule has 0 aliphatic heterocycles. The van der Waals surface area contributed by atoms with E-state index in [1.807, 2.05) is 0 Å². The maximum absolute atomic E-state index is 5.38. The third kappa shape index (κ3) is 4.91. The molecule has 6 heteroatoms. The molecule has 12 rings (SSSR count). The van der Waals surface area contributed by atoms with E-state index >= 15 is 0 Å². The van der Waals surface area contributed by atoms with Gasteiger partial charge in [0.15, 0.2) is 11.6 Å². The van der Waals surface area contributed by atoms with Crippen LogP contribution in [0.1, 0.15) is 0 Å². The van der Waals surface area contributed by atoms with E-state index in [-0.39, 0.29) is 0 Å². The van der Waals surface area contributed by atoms with E-state index in [1.165, 1.54) is 26.2 Å². The number of para-hydroxylation sites is 4. The fourth-order valence-electron chi connectivity index (χ4n) is 8.68. The summed E-state index contributed by atoms with van der Waals surface area (Å²) < 4.78 is 6.99. The van der Waals surface area contributed by atoms with Crippen molar-refractivity contribution in [2.75, 3.05) is 0 Å². The molecule has 0 unspecified atom stereocenters. The summed E-state index contributed by atoms with van der Waals surface area (Å²) in [5.74, 6) is 1.83. The Morgan fingerprint density at radius 2 is 0.877 bits per heavy atom. The number of thiophene rings is 1. The summed E-state index contributed by atoms with van der Waals surface area (Å²) in [6.07, 6.45) is 0. The van der Waals surface area contributed by atoms with Crippen LogP contribution in [-0.2, 0) is 0 Å². The quantitative estimate of drug-likeness (QED) is 0.176. The van der Waals surface area contributed by atoms with E-state index in [9.17, 15) is 0 Å². The van der Waals surface area contributed by atoms with Gasteiger partial charge in [0.2, 0.25) is 5.95 Å². The molecule has 0 N–H and O–H groups in total. The van der Waals surface area contributed by atoms with Gasteiger partial charge in [0.1, 0.15) is 0 Å². The maximum atomic E-state index is 5.38. The van der Waals surface area contributed by atoms with Crippen LogP contribution >= 0.6 is 11.3 Å². The van der Waals surface area contributed by atoms with Crippen molar-refractivity contribution in [1.29, 1.82) is 0 Å². The third-order valence-electron chi connectivity index (χ3n) is 11.2. The number of fused-ring (bicyclic) bond motifs is 9. The summed E-state index contributed by atoms with van der Waals surface area (Å²) in [4.78, 5) is 16.1. The highest BCUT2D eigenvalue weighted by molar-refractivity contribution is 7.26. The maximum Gasteiger partial charge on any atom is 0.238 e. The van der Waals surface area contributed by atoms with Crippen LogP contribution in [0.3, 0.4) is 0 Å². The van der Waals surface area contributed by atoms with Crippen molar-refractivity contribution in [2.45, 2.75) is 0 Å². The van der Waals surface area contributed by atoms with Crippen molar-refractivity contribution in [2.24, 2.45) is 0 Å². The van der Waals surface area contributed by atoms with Gasteiger partial charge in [0.05, 0.1) is 27.8 Å². The molecular formula is C51H31N5S. The van der Waals surface area contributed by atoms with E-state index < -0.39 is 0 Å². The van der Waals surface area contributed by atoms with Crippen molar-refractivity contribution in [3.63, 3.8) is 0 Å². The monoisotopic (exact) mass is 745 g/mol. The lowest BCUT2D eigenvalue weighted by Gasteiger charge is -2.16. The zero-order valence-corrected chi connectivity index (χ0v) is 31.4. The van der Waals surface area contributed by atoms with E-state index in [0.29, 0.717) is 17.6 Å². The first kappa shape index (κ1) is 31.9. The molecule has 57 heavy (non-hydrogen) atoms. The summed E-state index contributed by atoms with van der Waals surface area (Å²) in [6, 6.07) is 66.7. The largest absolute Gasteiger partial charge is 0.309 e. The van der Waals surface area contributed by atoms with Crippen molar-refractivity contribution in [1.82, 2.24) is 24.1 Å². The van der Waals surface area contributed by atoms with E-state index in [0.717, 1.165) is 65.5 Å². The molecule has 0 aliphatic rings. The van der Waals surface area contributed by atoms with Gasteiger partial charge in [-0.25, -0.2) is 4.98 Å². The van der Waals surface area contributed by atoms with Crippen LogP contribution < -0.4 is 0 Å². The zero-order chi connectivity index (χ0) is 37.5. The molecular weight excluding hydrogens is 715 g/mol. The number of nitrogens with zero attached hydrogens (tertiary/aromatic N) is 5. The normalized spacial score (nSPS) is 11.9. The van der Waals surface area contributed by atoms with E-state index in [4.69, 9.17) is 15.0 Å². The molecule has 4 aromatic heterocycles. The van der Waals surface area contributed by atoms with Crippen molar-refractivity contribution in [3.05, 3.63) is 188 Å². The molecule has 5 nitrogen and oxygen atoms in total. The summed E-state index contributed by atoms with van der Waals surface area (Å²) in [7, 11) is 0. The van der Waals surface area contributed by atoms with Crippen LogP contribution in [0.2, 0.25) is 0 Å². The lowest BCUT2D eigenvalue weighted by Crippen LogP contribution is -2.07. The Labute approximate surface area is 331 Å². The van der Waals surface area contributed by atoms with Gasteiger partial charge < -0.3 is 4.57 Å². The lowest BCUT2D eigenvalue weighted by atomic mass is 10.0. The minimum atomic E-state index is 0.580. The Morgan fingerprint density at radius 1 is 0.351 bits per heavy atom. The van der Waals surface area contributed by atoms with Gasteiger partial charge in [-0.15, -0.1) is 11.3 Å². The van der Waals surface area contributed by atoms with E-state index in [2.05, 4.69) is 197 Å². The summed E-state index contributed by atoms with van der Waals surface area (Å²) in [5, 5.41) is 7.18. The highest BCUT2D eigenvalue weighted by Crippen LogP contribution is 2.41. The van der Waals surface area contributed by atoms with Gasteiger partial charge in [-0.3, -0.25) is 4.57 Å². The van der Waals surface area contributed by atoms with Gasteiger partial charge in [-0.2, -0.15) is 9.97 Å². The number of benzene rings is 8. The summed E-state index contributed by atoms with van der Waals surface area (Å²) >= 11 is 1.79. The van der Waals surface area contributed by atoms with Crippen molar-refractivity contribution >= 4 is 75.1 Å². The van der Waals surface area contributed by atoms with Gasteiger partial charge in [0, 0.05) is 58.4 Å². The molecule has 0 fully saturated rings. The molecule has 4 heterocycles. The Balaban J connectivity index is 1.17. The molecule has 0 atom stereocenters. The van der Waals surface area contributed by atoms with Crippen LogP contribution in [0, 0.1) is 0 Å². The standard InChI is InChI=1S/C51H31N5S/c1-2-15-32(16-3-1)34-30-29-33(31-46(34)55-42-24-9-4-17-35(42)36-18-5-10-25-43(36)55)49-52-50(41-23-14-22-40-39-21-8-13-28-47(39)57-48(40)41)54-51(53-49)56-44-26-11-6-19-37(44)38-20-7-12-27-45(38)56/h1-31H. The van der Waals surface area contributed by atoms with Crippen molar-refractivity contribution in [3.8, 4) is 45.5 Å². The number of rotatable bonds is 5. The highest BCUT2D eigenvalue weighted by atomic mass is 32.1. The summed E-state index contributed by atoms with van der Waals surface area (Å²) in [5.41, 5.74) is 9.60. The molecule has 0 saturated carbocycles. The van der Waals surface area contributed by atoms with Crippen LogP contribution in [0.4, 0.5) is 0 Å². The first-order valence-corrected chi connectivity index (χ1v) is 19.9. The first-order valence-electron chi connectivity index (χ1n) is 19.1. The average Bonchev–Trinajstić information content (AvgIpc) is 3.94. The topological polar surface area (TPSA) is 48.5 Å². The third-order valence-corrected chi connectivity index (χ3v) is 12.4. The van der Waals surface area contributed by atoms with Gasteiger partial charge in [-0.1, -0.05) is 146 Å². The van der Waals surface area contributed by atoms with Crippen LogP contribution in [-0.4, -0.2) is 24.1 Å². The molecule has 266 valence electrons. The molecule has 8 aromatic carbocycles. The second kappa shape index (κ2) is 12.6. The number of aromatic nitrogens is 5. The summed E-state index contributed by atoms with van der Waals surface area (Å²) in [6.45, 7) is 0. The molecule has 0 spiro atoms. The van der Waals surface area contributed by atoms with Gasteiger partial charge in [-0.05, 0) is 48.0 Å².